The number of hydrogen-bond acceptors (Lipinski definition) is 3. The molecule has 2 unspecified atom stereocenters. The van der Waals surface area contributed by atoms with Gasteiger partial charge in [-0.05, 0) is 48.1 Å². The van der Waals surface area contributed by atoms with E-state index in [-0.39, 0.29) is 23.3 Å². The van der Waals surface area contributed by atoms with Gasteiger partial charge in [0.25, 0.3) is 0 Å². The molecule has 1 spiro atoms. The number of sulfonamides is 1. The standard InChI is InChI=1S/C20H23FN2O2S/c1-26(24,25)23-19-18(22-13-20(19)8-9-20)11-14-4-2-5-15(10-14)16-6-3-7-17(21)12-16/h2-7,10,12,18-19,22-23H,8-9,11,13H2,1H3. The molecule has 1 saturated heterocycles. The Morgan fingerprint density at radius 3 is 2.50 bits per heavy atom. The minimum absolute atomic E-state index is 0.0648. The fourth-order valence-corrected chi connectivity index (χ4v) is 4.94. The van der Waals surface area contributed by atoms with Gasteiger partial charge in [0, 0.05) is 24.0 Å². The van der Waals surface area contributed by atoms with E-state index in [1.165, 1.54) is 18.4 Å². The van der Waals surface area contributed by atoms with Gasteiger partial charge in [-0.2, -0.15) is 0 Å². The van der Waals surface area contributed by atoms with E-state index in [0.29, 0.717) is 0 Å². The number of nitrogens with one attached hydrogen (secondary N) is 2. The van der Waals surface area contributed by atoms with E-state index in [1.54, 1.807) is 6.07 Å². The second-order valence-corrected chi connectivity index (χ2v) is 9.41. The molecule has 1 aliphatic carbocycles. The van der Waals surface area contributed by atoms with E-state index in [4.69, 9.17) is 0 Å². The van der Waals surface area contributed by atoms with E-state index in [1.807, 2.05) is 24.3 Å². The first-order chi connectivity index (χ1) is 12.3. The molecule has 26 heavy (non-hydrogen) atoms. The third-order valence-corrected chi connectivity index (χ3v) is 6.23. The minimum atomic E-state index is -3.25. The first kappa shape index (κ1) is 17.6. The van der Waals surface area contributed by atoms with Gasteiger partial charge >= 0.3 is 0 Å². The quantitative estimate of drug-likeness (QED) is 0.846. The molecule has 2 N–H and O–H groups in total. The van der Waals surface area contributed by atoms with Crippen molar-refractivity contribution in [1.82, 2.24) is 10.0 Å². The van der Waals surface area contributed by atoms with Crippen molar-refractivity contribution in [3.8, 4) is 11.1 Å². The van der Waals surface area contributed by atoms with Crippen molar-refractivity contribution in [2.75, 3.05) is 12.8 Å². The van der Waals surface area contributed by atoms with Crippen molar-refractivity contribution in [3.05, 3.63) is 59.9 Å². The molecule has 2 fully saturated rings. The molecule has 138 valence electrons. The van der Waals surface area contributed by atoms with Crippen molar-refractivity contribution >= 4 is 10.0 Å². The second-order valence-electron chi connectivity index (χ2n) is 7.63. The van der Waals surface area contributed by atoms with Crippen LogP contribution < -0.4 is 10.0 Å². The monoisotopic (exact) mass is 374 g/mol. The first-order valence-electron chi connectivity index (χ1n) is 8.90. The lowest BCUT2D eigenvalue weighted by Gasteiger charge is -2.24. The van der Waals surface area contributed by atoms with Crippen LogP contribution in [0.15, 0.2) is 48.5 Å². The second kappa shape index (κ2) is 6.44. The van der Waals surface area contributed by atoms with E-state index in [2.05, 4.69) is 16.1 Å². The molecule has 0 amide bonds. The third kappa shape index (κ3) is 3.68. The van der Waals surface area contributed by atoms with Gasteiger partial charge in [0.15, 0.2) is 0 Å². The molecule has 2 atom stereocenters. The van der Waals surface area contributed by atoms with Crippen LogP contribution in [0.25, 0.3) is 11.1 Å². The van der Waals surface area contributed by atoms with Crippen LogP contribution in [0.3, 0.4) is 0 Å². The molecule has 1 saturated carbocycles. The van der Waals surface area contributed by atoms with Gasteiger partial charge in [0.1, 0.15) is 5.82 Å². The lowest BCUT2D eigenvalue weighted by Crippen LogP contribution is -2.47. The normalized spacial score (nSPS) is 24.1. The molecule has 4 rings (SSSR count). The Labute approximate surface area is 153 Å². The molecule has 2 aromatic carbocycles. The predicted molar refractivity (Wildman–Crippen MR) is 101 cm³/mol. The van der Waals surface area contributed by atoms with Gasteiger partial charge in [0.2, 0.25) is 10.0 Å². The number of benzene rings is 2. The van der Waals surface area contributed by atoms with Crippen LogP contribution in [0.1, 0.15) is 18.4 Å². The van der Waals surface area contributed by atoms with Crippen LogP contribution in [0.5, 0.6) is 0 Å². The molecular weight excluding hydrogens is 351 g/mol. The molecule has 1 aliphatic heterocycles. The van der Waals surface area contributed by atoms with Crippen LogP contribution in [0.2, 0.25) is 0 Å². The van der Waals surface area contributed by atoms with Crippen LogP contribution in [0.4, 0.5) is 4.39 Å². The highest BCUT2D eigenvalue weighted by molar-refractivity contribution is 7.88. The van der Waals surface area contributed by atoms with Crippen LogP contribution >= 0.6 is 0 Å². The van der Waals surface area contributed by atoms with Gasteiger partial charge in [-0.1, -0.05) is 36.4 Å². The lowest BCUT2D eigenvalue weighted by molar-refractivity contribution is 0.410. The highest BCUT2D eigenvalue weighted by atomic mass is 32.2. The Morgan fingerprint density at radius 2 is 1.85 bits per heavy atom. The molecule has 6 heteroatoms. The minimum Gasteiger partial charge on any atom is -0.311 e. The zero-order valence-corrected chi connectivity index (χ0v) is 15.5. The molecule has 0 bridgehead atoms. The van der Waals surface area contributed by atoms with Crippen LogP contribution in [-0.4, -0.2) is 33.3 Å². The average molecular weight is 374 g/mol. The third-order valence-electron chi connectivity index (χ3n) is 5.55. The summed E-state index contributed by atoms with van der Waals surface area (Å²) in [6.45, 7) is 0.856. The molecule has 2 aromatic rings. The summed E-state index contributed by atoms with van der Waals surface area (Å²) >= 11 is 0. The maximum absolute atomic E-state index is 13.5. The maximum atomic E-state index is 13.5. The summed E-state index contributed by atoms with van der Waals surface area (Å²) in [6.07, 6.45) is 4.08. The molecule has 1 heterocycles. The Morgan fingerprint density at radius 1 is 1.15 bits per heavy atom. The van der Waals surface area contributed by atoms with Gasteiger partial charge in [-0.3, -0.25) is 0 Å². The summed E-state index contributed by atoms with van der Waals surface area (Å²) in [5, 5.41) is 3.51. The molecule has 4 nitrogen and oxygen atoms in total. The smallest absolute Gasteiger partial charge is 0.209 e. The Hall–Kier alpha value is -1.76. The van der Waals surface area contributed by atoms with Crippen LogP contribution in [-0.2, 0) is 16.4 Å². The summed E-state index contributed by atoms with van der Waals surface area (Å²) in [6, 6.07) is 14.6. The van der Waals surface area contributed by atoms with Crippen molar-refractivity contribution < 1.29 is 12.8 Å². The zero-order valence-electron chi connectivity index (χ0n) is 14.7. The van der Waals surface area contributed by atoms with Gasteiger partial charge in [-0.15, -0.1) is 0 Å². The molecular formula is C20H23FN2O2S. The highest BCUT2D eigenvalue weighted by Gasteiger charge is 2.56. The van der Waals surface area contributed by atoms with Gasteiger partial charge < -0.3 is 5.32 Å². The number of hydrogen-bond donors (Lipinski definition) is 2. The van der Waals surface area contributed by atoms with Crippen molar-refractivity contribution in [3.63, 3.8) is 0 Å². The Kier molecular flexibility index (Phi) is 4.37. The summed E-state index contributed by atoms with van der Waals surface area (Å²) in [5.74, 6) is -0.251. The van der Waals surface area contributed by atoms with E-state index < -0.39 is 10.0 Å². The Bertz CT molecular complexity index is 925. The molecule has 0 radical (unpaired) electrons. The fourth-order valence-electron chi connectivity index (χ4n) is 4.06. The van der Waals surface area contributed by atoms with E-state index >= 15 is 0 Å². The zero-order chi connectivity index (χ0) is 18.4. The van der Waals surface area contributed by atoms with Crippen molar-refractivity contribution in [1.29, 1.82) is 0 Å². The largest absolute Gasteiger partial charge is 0.311 e. The average Bonchev–Trinajstić information content (AvgIpc) is 3.30. The molecule has 0 aromatic heterocycles. The maximum Gasteiger partial charge on any atom is 0.209 e. The van der Waals surface area contributed by atoms with Crippen molar-refractivity contribution in [2.45, 2.75) is 31.3 Å². The summed E-state index contributed by atoms with van der Waals surface area (Å²) < 4.78 is 40.0. The van der Waals surface area contributed by atoms with Gasteiger partial charge in [-0.25, -0.2) is 17.5 Å². The van der Waals surface area contributed by atoms with E-state index in [0.717, 1.165) is 42.5 Å². The highest BCUT2D eigenvalue weighted by Crippen LogP contribution is 2.52. The summed E-state index contributed by atoms with van der Waals surface area (Å²) in [5.41, 5.74) is 3.00. The number of halogens is 1. The number of rotatable bonds is 5. The van der Waals surface area contributed by atoms with E-state index in [9.17, 15) is 12.8 Å². The topological polar surface area (TPSA) is 58.2 Å². The fraction of sp³-hybridized carbons (Fsp3) is 0.400. The lowest BCUT2D eigenvalue weighted by atomic mass is 9.92. The first-order valence-corrected chi connectivity index (χ1v) is 10.8. The van der Waals surface area contributed by atoms with Gasteiger partial charge in [0.05, 0.1) is 6.26 Å². The molecule has 2 aliphatic rings. The predicted octanol–water partition coefficient (Wildman–Crippen LogP) is 2.71. The SMILES string of the molecule is CS(=O)(=O)NC1C(Cc2cccc(-c3cccc(F)c3)c2)NCC12CC2. The van der Waals surface area contributed by atoms with Crippen LogP contribution in [0, 0.1) is 11.2 Å². The van der Waals surface area contributed by atoms with Crippen molar-refractivity contribution in [2.24, 2.45) is 5.41 Å². The summed E-state index contributed by atoms with van der Waals surface area (Å²) in [7, 11) is -3.25. The Balaban J connectivity index is 1.56. The summed E-state index contributed by atoms with van der Waals surface area (Å²) in [4.78, 5) is 0.